The first-order valence-electron chi connectivity index (χ1n) is 9.55. The lowest BCUT2D eigenvalue weighted by Gasteiger charge is -2.22. The summed E-state index contributed by atoms with van der Waals surface area (Å²) in [6, 6.07) is 14.5. The van der Waals surface area contributed by atoms with Crippen molar-refractivity contribution in [1.29, 1.82) is 0 Å². The first kappa shape index (κ1) is 20.4. The van der Waals surface area contributed by atoms with E-state index in [1.54, 1.807) is 19.2 Å². The number of para-hydroxylation sites is 1. The summed E-state index contributed by atoms with van der Waals surface area (Å²) in [4.78, 5) is 10.9. The quantitative estimate of drug-likeness (QED) is 0.660. The van der Waals surface area contributed by atoms with Gasteiger partial charge in [-0.2, -0.15) is 0 Å². The topological polar surface area (TPSA) is 86.7 Å². The van der Waals surface area contributed by atoms with Crippen molar-refractivity contribution in [2.24, 2.45) is 0 Å². The van der Waals surface area contributed by atoms with Gasteiger partial charge in [-0.05, 0) is 42.6 Å². The Kier molecular flexibility index (Phi) is 6.36. The average molecular weight is 403 g/mol. The largest absolute Gasteiger partial charge is 0.481 e. The summed E-state index contributed by atoms with van der Waals surface area (Å²) in [5, 5.41) is 12.2. The maximum Gasteiger partial charge on any atom is 0.303 e. The number of hydrogen-bond acceptors (Lipinski definition) is 4. The van der Waals surface area contributed by atoms with E-state index in [2.05, 4.69) is 5.32 Å². The van der Waals surface area contributed by atoms with Gasteiger partial charge in [-0.3, -0.25) is 9.10 Å². The minimum absolute atomic E-state index is 0.209. The van der Waals surface area contributed by atoms with Crippen LogP contribution in [0.1, 0.15) is 49.3 Å². The minimum atomic E-state index is -3.62. The van der Waals surface area contributed by atoms with Gasteiger partial charge in [0.15, 0.2) is 0 Å². The molecule has 6 nitrogen and oxygen atoms in total. The number of carbonyl (C=O) groups is 1. The number of unbranched alkanes of at least 4 members (excludes halogenated alkanes) is 3. The first-order valence-corrected chi connectivity index (χ1v) is 11.0. The highest BCUT2D eigenvalue weighted by Gasteiger charge is 2.34. The van der Waals surface area contributed by atoms with E-state index in [0.717, 1.165) is 36.9 Å². The normalized spacial score (nSPS) is 17.5. The molecule has 0 aromatic heterocycles. The number of fused-ring (bicyclic) bond motifs is 2. The van der Waals surface area contributed by atoms with Crippen LogP contribution in [0.2, 0.25) is 0 Å². The number of carboxylic acids is 1. The molecule has 0 aliphatic carbocycles. The van der Waals surface area contributed by atoms with Crippen molar-refractivity contribution in [3.63, 3.8) is 0 Å². The van der Waals surface area contributed by atoms with Crippen LogP contribution in [0.4, 0.5) is 5.69 Å². The molecule has 0 saturated heterocycles. The Morgan fingerprint density at radius 2 is 1.64 bits per heavy atom. The highest BCUT2D eigenvalue weighted by Crippen LogP contribution is 2.39. The van der Waals surface area contributed by atoms with Crippen LogP contribution in [0, 0.1) is 0 Å². The molecule has 1 aliphatic heterocycles. The number of aliphatic carboxylic acids is 1. The number of carboxylic acid groups (broad SMARTS) is 1. The molecule has 0 amide bonds. The summed E-state index contributed by atoms with van der Waals surface area (Å²) >= 11 is 0. The number of hydrogen-bond donors (Lipinski definition) is 2. The molecule has 1 aliphatic rings. The van der Waals surface area contributed by atoms with Crippen molar-refractivity contribution in [2.75, 3.05) is 17.9 Å². The zero-order valence-electron chi connectivity index (χ0n) is 16.0. The SMILES string of the molecule is CN1c2ccccc2[C@@H](NCCCCCCC(=O)O)c2ccccc2S1(=O)=O. The fourth-order valence-corrected chi connectivity index (χ4v) is 5.09. The van der Waals surface area contributed by atoms with E-state index in [9.17, 15) is 13.2 Å². The maximum absolute atomic E-state index is 13.1. The van der Waals surface area contributed by atoms with Crippen molar-refractivity contribution in [3.8, 4) is 0 Å². The molecular weight excluding hydrogens is 376 g/mol. The van der Waals surface area contributed by atoms with Gasteiger partial charge in [0.1, 0.15) is 0 Å². The molecular formula is C21H26N2O4S. The number of nitrogens with one attached hydrogen (secondary N) is 1. The molecule has 0 bridgehead atoms. The summed E-state index contributed by atoms with van der Waals surface area (Å²) in [6.45, 7) is 0.726. The lowest BCUT2D eigenvalue weighted by atomic mass is 9.96. The van der Waals surface area contributed by atoms with Gasteiger partial charge in [0, 0.05) is 13.5 Å². The van der Waals surface area contributed by atoms with Gasteiger partial charge in [0.25, 0.3) is 10.0 Å². The number of rotatable bonds is 8. The molecule has 1 atom stereocenters. The van der Waals surface area contributed by atoms with Crippen molar-refractivity contribution >= 4 is 21.7 Å². The van der Waals surface area contributed by atoms with Crippen LogP contribution in [0.3, 0.4) is 0 Å². The van der Waals surface area contributed by atoms with E-state index in [1.807, 2.05) is 36.4 Å². The second kappa shape index (κ2) is 8.75. The van der Waals surface area contributed by atoms with Crippen LogP contribution in [-0.4, -0.2) is 33.1 Å². The van der Waals surface area contributed by atoms with Gasteiger partial charge in [-0.25, -0.2) is 8.42 Å². The number of benzene rings is 2. The summed E-state index contributed by atoms with van der Waals surface area (Å²) < 4.78 is 27.5. The molecule has 0 radical (unpaired) electrons. The van der Waals surface area contributed by atoms with Crippen LogP contribution >= 0.6 is 0 Å². The van der Waals surface area contributed by atoms with E-state index < -0.39 is 16.0 Å². The highest BCUT2D eigenvalue weighted by atomic mass is 32.2. The monoisotopic (exact) mass is 402 g/mol. The average Bonchev–Trinajstić information content (AvgIpc) is 2.75. The van der Waals surface area contributed by atoms with Gasteiger partial charge in [-0.1, -0.05) is 49.2 Å². The molecule has 3 rings (SSSR count). The van der Waals surface area contributed by atoms with Crippen molar-refractivity contribution in [1.82, 2.24) is 5.32 Å². The van der Waals surface area contributed by atoms with E-state index in [-0.39, 0.29) is 12.5 Å². The highest BCUT2D eigenvalue weighted by molar-refractivity contribution is 7.92. The Labute approximate surface area is 166 Å². The van der Waals surface area contributed by atoms with Crippen LogP contribution in [0.25, 0.3) is 0 Å². The Bertz CT molecular complexity index is 943. The third-order valence-electron chi connectivity index (χ3n) is 5.12. The third-order valence-corrected chi connectivity index (χ3v) is 6.97. The minimum Gasteiger partial charge on any atom is -0.481 e. The summed E-state index contributed by atoms with van der Waals surface area (Å²) in [6.07, 6.45) is 3.62. The fraction of sp³-hybridized carbons (Fsp3) is 0.381. The second-order valence-corrected chi connectivity index (χ2v) is 8.95. The van der Waals surface area contributed by atoms with E-state index in [0.29, 0.717) is 17.0 Å². The number of anilines is 1. The zero-order chi connectivity index (χ0) is 20.1. The number of sulfonamides is 1. The maximum atomic E-state index is 13.1. The Morgan fingerprint density at radius 1 is 1.00 bits per heavy atom. The summed E-state index contributed by atoms with van der Waals surface area (Å²) in [5.74, 6) is -0.755. The van der Waals surface area contributed by atoms with Crippen LogP contribution in [0.15, 0.2) is 53.4 Å². The third kappa shape index (κ3) is 4.20. The van der Waals surface area contributed by atoms with Gasteiger partial charge < -0.3 is 10.4 Å². The van der Waals surface area contributed by atoms with Gasteiger partial charge in [-0.15, -0.1) is 0 Å². The molecule has 0 fully saturated rings. The molecule has 28 heavy (non-hydrogen) atoms. The second-order valence-electron chi connectivity index (χ2n) is 7.01. The van der Waals surface area contributed by atoms with Gasteiger partial charge in [0.05, 0.1) is 16.6 Å². The van der Waals surface area contributed by atoms with E-state index >= 15 is 0 Å². The summed E-state index contributed by atoms with van der Waals surface area (Å²) in [7, 11) is -2.02. The van der Waals surface area contributed by atoms with Crippen LogP contribution in [0.5, 0.6) is 0 Å². The molecule has 2 aromatic carbocycles. The lowest BCUT2D eigenvalue weighted by molar-refractivity contribution is -0.137. The van der Waals surface area contributed by atoms with Gasteiger partial charge >= 0.3 is 5.97 Å². The molecule has 2 aromatic rings. The van der Waals surface area contributed by atoms with Crippen molar-refractivity contribution in [3.05, 3.63) is 59.7 Å². The molecule has 150 valence electrons. The van der Waals surface area contributed by atoms with Crippen LogP contribution < -0.4 is 9.62 Å². The number of nitrogens with zero attached hydrogens (tertiary/aromatic N) is 1. The fourth-order valence-electron chi connectivity index (χ4n) is 3.64. The first-order chi connectivity index (χ1) is 13.4. The standard InChI is InChI=1S/C21H26N2O4S/c1-23-18-12-7-5-10-16(18)21(22-15-9-3-2-4-14-20(24)25)17-11-6-8-13-19(17)28(23,26)27/h5-8,10-13,21-22H,2-4,9,14-15H2,1H3,(H,24,25)/t21-/m1/s1. The Balaban J connectivity index is 1.81. The van der Waals surface area contributed by atoms with E-state index in [4.69, 9.17) is 5.11 Å². The lowest BCUT2D eigenvalue weighted by Crippen LogP contribution is -2.26. The predicted octanol–water partition coefficient (Wildman–Crippen LogP) is 3.54. The molecule has 0 spiro atoms. The molecule has 7 heteroatoms. The van der Waals surface area contributed by atoms with E-state index in [1.165, 1.54) is 4.31 Å². The van der Waals surface area contributed by atoms with Crippen molar-refractivity contribution < 1.29 is 18.3 Å². The summed E-state index contributed by atoms with van der Waals surface area (Å²) in [5.41, 5.74) is 2.37. The zero-order valence-corrected chi connectivity index (χ0v) is 16.8. The Morgan fingerprint density at radius 3 is 2.39 bits per heavy atom. The van der Waals surface area contributed by atoms with Crippen LogP contribution in [-0.2, 0) is 14.8 Å². The molecule has 0 saturated carbocycles. The van der Waals surface area contributed by atoms with Gasteiger partial charge in [0.2, 0.25) is 0 Å². The molecule has 0 unspecified atom stereocenters. The van der Waals surface area contributed by atoms with Crippen molar-refractivity contribution in [2.45, 2.75) is 43.0 Å². The molecule has 1 heterocycles. The predicted molar refractivity (Wildman–Crippen MR) is 109 cm³/mol. The Hall–Kier alpha value is -2.38. The smallest absolute Gasteiger partial charge is 0.303 e. The molecule has 2 N–H and O–H groups in total.